The molecule has 3 aromatic rings. The van der Waals surface area contributed by atoms with Crippen LogP contribution in [0.25, 0.3) is 5.69 Å². The third-order valence-electron chi connectivity index (χ3n) is 6.34. The maximum Gasteiger partial charge on any atom is 0.321 e. The first-order chi connectivity index (χ1) is 15.0. The number of carbonyl (C=O) groups is 1. The molecule has 2 aromatic carbocycles. The summed E-state index contributed by atoms with van der Waals surface area (Å²) in [6.45, 7) is 6.88. The number of hydrogen-bond donors (Lipinski definition) is 2. The topological polar surface area (TPSA) is 62.2 Å². The van der Waals surface area contributed by atoms with Crippen LogP contribution >= 0.6 is 0 Å². The van der Waals surface area contributed by atoms with E-state index in [2.05, 4.69) is 65.6 Å². The predicted octanol–water partition coefficient (Wildman–Crippen LogP) is 4.21. The summed E-state index contributed by atoms with van der Waals surface area (Å²) in [6.07, 6.45) is 4.12. The molecule has 0 saturated carbocycles. The number of aromatic nitrogens is 2. The molecule has 1 aliphatic carbocycles. The Kier molecular flexibility index (Phi) is 5.02. The maximum atomic E-state index is 11.9. The third kappa shape index (κ3) is 3.95. The smallest absolute Gasteiger partial charge is 0.321 e. The highest BCUT2D eigenvalue weighted by molar-refractivity contribution is 5.93. The Hall–Kier alpha value is -3.12. The van der Waals surface area contributed by atoms with Gasteiger partial charge in [-0.25, -0.2) is 9.48 Å². The molecule has 6 nitrogen and oxygen atoms in total. The number of carbonyl (C=O) groups excluding carboxylic acids is 1. The SMILES string of the molecule is CC1(C)Cc2c(cnn2-c2ccccc2)[C@H](NCc2ccc(N3CCNC3=O)cc2)C1. The van der Waals surface area contributed by atoms with Gasteiger partial charge in [0.1, 0.15) is 0 Å². The van der Waals surface area contributed by atoms with Gasteiger partial charge in [0.05, 0.1) is 11.9 Å². The van der Waals surface area contributed by atoms with E-state index < -0.39 is 0 Å². The Morgan fingerprint density at radius 1 is 1.10 bits per heavy atom. The van der Waals surface area contributed by atoms with Crippen LogP contribution in [-0.4, -0.2) is 28.9 Å². The van der Waals surface area contributed by atoms with Crippen molar-refractivity contribution in [3.8, 4) is 5.69 Å². The van der Waals surface area contributed by atoms with E-state index in [1.165, 1.54) is 16.8 Å². The lowest BCUT2D eigenvalue weighted by atomic mass is 9.74. The molecular weight excluding hydrogens is 386 g/mol. The predicted molar refractivity (Wildman–Crippen MR) is 122 cm³/mol. The monoisotopic (exact) mass is 415 g/mol. The van der Waals surface area contributed by atoms with Gasteiger partial charge < -0.3 is 10.6 Å². The van der Waals surface area contributed by atoms with Gasteiger partial charge in [-0.05, 0) is 48.1 Å². The molecule has 2 heterocycles. The third-order valence-corrected chi connectivity index (χ3v) is 6.34. The van der Waals surface area contributed by atoms with Gasteiger partial charge in [-0.3, -0.25) is 4.90 Å². The Balaban J connectivity index is 1.33. The van der Waals surface area contributed by atoms with Gasteiger partial charge in [0.25, 0.3) is 0 Å². The molecule has 160 valence electrons. The van der Waals surface area contributed by atoms with E-state index in [1.54, 1.807) is 4.90 Å². The largest absolute Gasteiger partial charge is 0.336 e. The summed E-state index contributed by atoms with van der Waals surface area (Å²) in [4.78, 5) is 13.7. The van der Waals surface area contributed by atoms with E-state index in [4.69, 9.17) is 5.10 Å². The van der Waals surface area contributed by atoms with Crippen LogP contribution in [0.3, 0.4) is 0 Å². The summed E-state index contributed by atoms with van der Waals surface area (Å²) in [5.41, 5.74) is 6.07. The summed E-state index contributed by atoms with van der Waals surface area (Å²) >= 11 is 0. The van der Waals surface area contributed by atoms with E-state index in [1.807, 2.05) is 24.4 Å². The van der Waals surface area contributed by atoms with Crippen molar-refractivity contribution in [2.24, 2.45) is 5.41 Å². The van der Waals surface area contributed by atoms with Gasteiger partial charge in [0.2, 0.25) is 0 Å². The highest BCUT2D eigenvalue weighted by Crippen LogP contribution is 2.41. The second-order valence-electron chi connectivity index (χ2n) is 9.32. The zero-order chi connectivity index (χ0) is 21.4. The van der Waals surface area contributed by atoms with Gasteiger partial charge in [-0.15, -0.1) is 0 Å². The average Bonchev–Trinajstić information content (AvgIpc) is 3.38. The number of rotatable bonds is 5. The van der Waals surface area contributed by atoms with Crippen molar-refractivity contribution >= 4 is 11.7 Å². The molecule has 1 fully saturated rings. The molecule has 1 saturated heterocycles. The Bertz CT molecular complexity index is 1070. The van der Waals surface area contributed by atoms with Gasteiger partial charge in [0, 0.05) is 42.6 Å². The Morgan fingerprint density at radius 3 is 2.58 bits per heavy atom. The number of amides is 2. The van der Waals surface area contributed by atoms with E-state index in [0.29, 0.717) is 6.54 Å². The number of benzene rings is 2. The molecule has 0 unspecified atom stereocenters. The molecule has 1 aliphatic heterocycles. The summed E-state index contributed by atoms with van der Waals surface area (Å²) in [7, 11) is 0. The lowest BCUT2D eigenvalue weighted by molar-refractivity contribution is 0.252. The zero-order valence-corrected chi connectivity index (χ0v) is 18.1. The lowest BCUT2D eigenvalue weighted by Crippen LogP contribution is -2.33. The summed E-state index contributed by atoms with van der Waals surface area (Å²) in [5, 5.41) is 11.3. The van der Waals surface area contributed by atoms with Crippen molar-refractivity contribution in [1.29, 1.82) is 0 Å². The number of anilines is 1. The number of hydrogen-bond acceptors (Lipinski definition) is 3. The second-order valence-corrected chi connectivity index (χ2v) is 9.32. The van der Waals surface area contributed by atoms with Gasteiger partial charge in [-0.1, -0.05) is 44.2 Å². The normalized spacial score (nSPS) is 19.9. The Morgan fingerprint density at radius 2 is 1.87 bits per heavy atom. The van der Waals surface area contributed by atoms with Crippen molar-refractivity contribution in [2.75, 3.05) is 18.0 Å². The number of fused-ring (bicyclic) bond motifs is 1. The standard InChI is InChI=1S/C25H29N5O/c1-25(2)14-22(21-17-28-30(23(21)15-25)20-6-4-3-5-7-20)27-16-18-8-10-19(11-9-18)29-13-12-26-24(29)31/h3-11,17,22,27H,12-16H2,1-2H3,(H,26,31)/t22-/m1/s1. The van der Waals surface area contributed by atoms with Gasteiger partial charge >= 0.3 is 6.03 Å². The molecule has 2 N–H and O–H groups in total. The molecule has 1 atom stereocenters. The minimum Gasteiger partial charge on any atom is -0.336 e. The summed E-state index contributed by atoms with van der Waals surface area (Å²) in [6, 6.07) is 18.9. The van der Waals surface area contributed by atoms with Crippen molar-refractivity contribution in [3.05, 3.63) is 77.6 Å². The fourth-order valence-corrected chi connectivity index (χ4v) is 4.77. The van der Waals surface area contributed by atoms with Crippen molar-refractivity contribution < 1.29 is 4.79 Å². The number of nitrogens with zero attached hydrogens (tertiary/aromatic N) is 3. The van der Waals surface area contributed by atoms with Crippen molar-refractivity contribution in [2.45, 2.75) is 39.3 Å². The molecule has 2 aliphatic rings. The maximum absolute atomic E-state index is 11.9. The highest BCUT2D eigenvalue weighted by Gasteiger charge is 2.35. The fraction of sp³-hybridized carbons (Fsp3) is 0.360. The van der Waals surface area contributed by atoms with Crippen molar-refractivity contribution in [3.63, 3.8) is 0 Å². The Labute approximate surface area is 183 Å². The number of urea groups is 1. The minimum atomic E-state index is -0.0155. The van der Waals surface area contributed by atoms with E-state index in [0.717, 1.165) is 37.3 Å². The van der Waals surface area contributed by atoms with Crippen LogP contribution in [0.4, 0.5) is 10.5 Å². The number of nitrogens with one attached hydrogen (secondary N) is 2. The van der Waals surface area contributed by atoms with Crippen LogP contribution in [0.1, 0.15) is 43.1 Å². The van der Waals surface area contributed by atoms with Crippen LogP contribution in [0, 0.1) is 5.41 Å². The molecule has 5 rings (SSSR count). The van der Waals surface area contributed by atoms with Crippen LogP contribution in [-0.2, 0) is 13.0 Å². The van der Waals surface area contributed by atoms with E-state index in [9.17, 15) is 4.79 Å². The van der Waals surface area contributed by atoms with Gasteiger partial charge in [-0.2, -0.15) is 5.10 Å². The van der Waals surface area contributed by atoms with Gasteiger partial charge in [0.15, 0.2) is 0 Å². The molecule has 1 aromatic heterocycles. The van der Waals surface area contributed by atoms with Crippen LogP contribution in [0.2, 0.25) is 0 Å². The fourth-order valence-electron chi connectivity index (χ4n) is 4.77. The average molecular weight is 416 g/mol. The first-order valence-electron chi connectivity index (χ1n) is 11.0. The van der Waals surface area contributed by atoms with E-state index in [-0.39, 0.29) is 17.5 Å². The molecule has 31 heavy (non-hydrogen) atoms. The highest BCUT2D eigenvalue weighted by atomic mass is 16.2. The molecule has 0 spiro atoms. The summed E-state index contributed by atoms with van der Waals surface area (Å²) in [5.74, 6) is 0. The second kappa shape index (κ2) is 7.85. The lowest BCUT2D eigenvalue weighted by Gasteiger charge is -2.36. The molecule has 2 amide bonds. The summed E-state index contributed by atoms with van der Waals surface area (Å²) < 4.78 is 2.10. The zero-order valence-electron chi connectivity index (χ0n) is 18.1. The quantitative estimate of drug-likeness (QED) is 0.656. The van der Waals surface area contributed by atoms with Crippen LogP contribution in [0.5, 0.6) is 0 Å². The van der Waals surface area contributed by atoms with Crippen LogP contribution < -0.4 is 15.5 Å². The first kappa shape index (κ1) is 19.8. The van der Waals surface area contributed by atoms with E-state index >= 15 is 0 Å². The molecular formula is C25H29N5O. The number of para-hydroxylation sites is 1. The van der Waals surface area contributed by atoms with Crippen molar-refractivity contribution in [1.82, 2.24) is 20.4 Å². The minimum absolute atomic E-state index is 0.0155. The van der Waals surface area contributed by atoms with Crippen LogP contribution in [0.15, 0.2) is 60.8 Å². The first-order valence-corrected chi connectivity index (χ1v) is 11.0. The molecule has 0 bridgehead atoms. The molecule has 6 heteroatoms. The molecule has 0 radical (unpaired) electrons.